The minimum atomic E-state index is -0.363. The van der Waals surface area contributed by atoms with Gasteiger partial charge in [-0.3, -0.25) is 0 Å². The summed E-state index contributed by atoms with van der Waals surface area (Å²) < 4.78 is 0. The summed E-state index contributed by atoms with van der Waals surface area (Å²) in [4.78, 5) is 4.39. The summed E-state index contributed by atoms with van der Waals surface area (Å²) in [6, 6.07) is 6.10. The van der Waals surface area contributed by atoms with Crippen molar-refractivity contribution >= 4 is 17.3 Å². The van der Waals surface area contributed by atoms with Gasteiger partial charge in [-0.25, -0.2) is 0 Å². The number of halogens is 1. The Morgan fingerprint density at radius 3 is 2.71 bits per heavy atom. The molecule has 2 N–H and O–H groups in total. The normalized spacial score (nSPS) is 16.7. The van der Waals surface area contributed by atoms with Gasteiger partial charge >= 0.3 is 0 Å². The zero-order chi connectivity index (χ0) is 15.2. The number of aliphatic hydroxyl groups is 1. The van der Waals surface area contributed by atoms with Crippen molar-refractivity contribution < 1.29 is 5.11 Å². The number of hydrogen-bond acceptors (Lipinski definition) is 4. The number of hydrogen-bond donors (Lipinski definition) is 2. The first-order valence-electron chi connectivity index (χ1n) is 7.64. The first kappa shape index (κ1) is 16.6. The van der Waals surface area contributed by atoms with Crippen molar-refractivity contribution in [3.63, 3.8) is 0 Å². The molecule has 118 valence electrons. The molecule has 1 aliphatic heterocycles. The number of rotatable bonds is 7. The lowest BCUT2D eigenvalue weighted by Crippen LogP contribution is -2.35. The van der Waals surface area contributed by atoms with Crippen molar-refractivity contribution in [1.82, 2.24) is 10.2 Å². The Bertz CT molecular complexity index is 447. The fraction of sp³-hybridized carbons (Fsp3) is 0.625. The van der Waals surface area contributed by atoms with Crippen LogP contribution in [0, 0.1) is 0 Å². The Morgan fingerprint density at radius 2 is 2.05 bits per heavy atom. The van der Waals surface area contributed by atoms with E-state index in [9.17, 15) is 5.11 Å². The van der Waals surface area contributed by atoms with E-state index in [1.54, 1.807) is 0 Å². The molecule has 0 aliphatic carbocycles. The molecule has 0 bridgehead atoms. The van der Waals surface area contributed by atoms with Gasteiger partial charge in [0, 0.05) is 49.0 Å². The van der Waals surface area contributed by atoms with E-state index in [2.05, 4.69) is 16.3 Å². The molecule has 1 fully saturated rings. The largest absolute Gasteiger partial charge is 0.390 e. The summed E-state index contributed by atoms with van der Waals surface area (Å²) in [6.45, 7) is 4.14. The summed E-state index contributed by atoms with van der Waals surface area (Å²) in [6.07, 6.45) is 2.14. The molecule has 1 heterocycles. The average molecular weight is 312 g/mol. The molecule has 1 atom stereocenters. The van der Waals surface area contributed by atoms with Crippen molar-refractivity contribution in [2.75, 3.05) is 45.2 Å². The Kier molecular flexibility index (Phi) is 6.30. The molecule has 0 spiro atoms. The number of anilines is 1. The fourth-order valence-corrected chi connectivity index (χ4v) is 3.06. The van der Waals surface area contributed by atoms with Crippen LogP contribution in [0.2, 0.25) is 5.02 Å². The summed E-state index contributed by atoms with van der Waals surface area (Å²) in [5, 5.41) is 14.0. The maximum absolute atomic E-state index is 9.90. The smallest absolute Gasteiger partial charge is 0.0791 e. The molecular weight excluding hydrogens is 286 g/mol. The molecule has 1 aromatic rings. The molecule has 0 aromatic heterocycles. The van der Waals surface area contributed by atoms with Crippen LogP contribution in [0.5, 0.6) is 0 Å². The van der Waals surface area contributed by atoms with Crippen LogP contribution in [0.25, 0.3) is 0 Å². The predicted octanol–water partition coefficient (Wildman–Crippen LogP) is 1.95. The lowest BCUT2D eigenvalue weighted by Gasteiger charge is -2.23. The van der Waals surface area contributed by atoms with Gasteiger partial charge in [-0.1, -0.05) is 17.7 Å². The van der Waals surface area contributed by atoms with E-state index >= 15 is 0 Å². The van der Waals surface area contributed by atoms with Crippen LogP contribution in [-0.4, -0.2) is 56.4 Å². The van der Waals surface area contributed by atoms with E-state index < -0.39 is 0 Å². The second-order valence-corrected chi connectivity index (χ2v) is 6.39. The van der Waals surface area contributed by atoms with E-state index in [1.807, 2.05) is 31.1 Å². The molecule has 0 radical (unpaired) electrons. The van der Waals surface area contributed by atoms with E-state index in [-0.39, 0.29) is 6.10 Å². The van der Waals surface area contributed by atoms with Crippen LogP contribution in [-0.2, 0) is 6.54 Å². The van der Waals surface area contributed by atoms with Crippen molar-refractivity contribution in [2.45, 2.75) is 25.5 Å². The number of nitrogens with zero attached hydrogens (tertiary/aromatic N) is 2. The first-order chi connectivity index (χ1) is 10.1. The van der Waals surface area contributed by atoms with Crippen LogP contribution in [0.3, 0.4) is 0 Å². The van der Waals surface area contributed by atoms with Gasteiger partial charge in [-0.2, -0.15) is 0 Å². The number of benzene rings is 1. The van der Waals surface area contributed by atoms with Gasteiger partial charge in [0.25, 0.3) is 0 Å². The number of likely N-dealkylation sites (N-methyl/N-ethyl adjacent to an activating group) is 1. The minimum Gasteiger partial charge on any atom is -0.390 e. The maximum atomic E-state index is 9.90. The van der Waals surface area contributed by atoms with Crippen LogP contribution >= 0.6 is 11.6 Å². The fourth-order valence-electron chi connectivity index (χ4n) is 2.83. The first-order valence-corrected chi connectivity index (χ1v) is 8.01. The highest BCUT2D eigenvalue weighted by atomic mass is 35.5. The van der Waals surface area contributed by atoms with Gasteiger partial charge in [-0.05, 0) is 39.1 Å². The molecule has 2 rings (SSSR count). The molecule has 0 amide bonds. The zero-order valence-electron chi connectivity index (χ0n) is 13.0. The molecular formula is C16H26ClN3O. The highest BCUT2D eigenvalue weighted by molar-refractivity contribution is 6.31. The second-order valence-electron chi connectivity index (χ2n) is 5.98. The number of nitrogens with one attached hydrogen (secondary N) is 1. The standard InChI is InChI=1S/C16H26ClN3O/c1-19(2)12-13(21)10-18-11-14-15(17)6-5-7-16(14)20-8-3-4-9-20/h5-7,13,18,21H,3-4,8-12H2,1-2H3. The molecule has 4 nitrogen and oxygen atoms in total. The lowest BCUT2D eigenvalue weighted by molar-refractivity contribution is 0.134. The van der Waals surface area contributed by atoms with Crippen molar-refractivity contribution in [3.8, 4) is 0 Å². The predicted molar refractivity (Wildman–Crippen MR) is 89.2 cm³/mol. The third-order valence-electron chi connectivity index (χ3n) is 3.80. The highest BCUT2D eigenvalue weighted by Gasteiger charge is 2.17. The SMILES string of the molecule is CN(C)CC(O)CNCc1c(Cl)cccc1N1CCCC1. The Balaban J connectivity index is 1.95. The molecule has 1 saturated heterocycles. The molecule has 0 saturated carbocycles. The van der Waals surface area contributed by atoms with Crippen LogP contribution in [0.15, 0.2) is 18.2 Å². The monoisotopic (exact) mass is 311 g/mol. The zero-order valence-corrected chi connectivity index (χ0v) is 13.7. The van der Waals surface area contributed by atoms with Gasteiger partial charge < -0.3 is 20.2 Å². The Hall–Kier alpha value is -0.810. The van der Waals surface area contributed by atoms with E-state index in [0.29, 0.717) is 19.6 Å². The third kappa shape index (κ3) is 4.85. The van der Waals surface area contributed by atoms with Crippen LogP contribution in [0.1, 0.15) is 18.4 Å². The topological polar surface area (TPSA) is 38.7 Å². The van der Waals surface area contributed by atoms with Gasteiger partial charge in [-0.15, -0.1) is 0 Å². The molecule has 1 aliphatic rings. The Labute approximate surface area is 132 Å². The summed E-state index contributed by atoms with van der Waals surface area (Å²) >= 11 is 6.37. The van der Waals surface area contributed by atoms with Gasteiger partial charge in [0.05, 0.1) is 6.10 Å². The van der Waals surface area contributed by atoms with Crippen molar-refractivity contribution in [2.24, 2.45) is 0 Å². The molecule has 1 unspecified atom stereocenters. The number of aliphatic hydroxyl groups excluding tert-OH is 1. The summed E-state index contributed by atoms with van der Waals surface area (Å²) in [5.41, 5.74) is 2.37. The lowest BCUT2D eigenvalue weighted by atomic mass is 10.1. The quantitative estimate of drug-likeness (QED) is 0.807. The van der Waals surface area contributed by atoms with Crippen LogP contribution in [0.4, 0.5) is 5.69 Å². The second kappa shape index (κ2) is 7.99. The van der Waals surface area contributed by atoms with E-state index in [1.165, 1.54) is 18.5 Å². The molecule has 1 aromatic carbocycles. The van der Waals surface area contributed by atoms with Crippen molar-refractivity contribution in [3.05, 3.63) is 28.8 Å². The van der Waals surface area contributed by atoms with Crippen molar-refractivity contribution in [1.29, 1.82) is 0 Å². The van der Waals surface area contributed by atoms with Gasteiger partial charge in [0.2, 0.25) is 0 Å². The van der Waals surface area contributed by atoms with E-state index in [0.717, 1.165) is 23.7 Å². The minimum absolute atomic E-state index is 0.363. The average Bonchev–Trinajstić information content (AvgIpc) is 2.93. The van der Waals surface area contributed by atoms with Gasteiger partial charge in [0.1, 0.15) is 0 Å². The molecule has 21 heavy (non-hydrogen) atoms. The summed E-state index contributed by atoms with van der Waals surface area (Å²) in [5.74, 6) is 0. The van der Waals surface area contributed by atoms with E-state index in [4.69, 9.17) is 11.6 Å². The molecule has 5 heteroatoms. The van der Waals surface area contributed by atoms with Crippen LogP contribution < -0.4 is 10.2 Å². The third-order valence-corrected chi connectivity index (χ3v) is 4.15. The summed E-state index contributed by atoms with van der Waals surface area (Å²) in [7, 11) is 3.92. The maximum Gasteiger partial charge on any atom is 0.0791 e. The highest BCUT2D eigenvalue weighted by Crippen LogP contribution is 2.29. The Morgan fingerprint density at radius 1 is 1.33 bits per heavy atom. The van der Waals surface area contributed by atoms with Gasteiger partial charge in [0.15, 0.2) is 0 Å².